The van der Waals surface area contributed by atoms with Crippen LogP contribution in [0.3, 0.4) is 0 Å². The molecular weight excluding hydrogens is 308 g/mol. The Labute approximate surface area is 150 Å². The van der Waals surface area contributed by atoms with Crippen LogP contribution in [0.15, 0.2) is 60.7 Å². The average molecular weight is 335 g/mol. The normalized spacial score (nSPS) is 32.8. The third kappa shape index (κ3) is 2.28. The number of rotatable bonds is 4. The highest BCUT2D eigenvalue weighted by Gasteiger charge is 2.63. The van der Waals surface area contributed by atoms with Crippen molar-refractivity contribution in [3.8, 4) is 0 Å². The monoisotopic (exact) mass is 334 g/mol. The zero-order valence-electron chi connectivity index (χ0n) is 14.2. The Bertz CT molecular complexity index is 631. The second kappa shape index (κ2) is 5.95. The maximum atomic E-state index is 2.36. The van der Waals surface area contributed by atoms with Gasteiger partial charge in [0.05, 0.1) is 0 Å². The molecule has 0 amide bonds. The van der Waals surface area contributed by atoms with Crippen LogP contribution in [0.5, 0.6) is 0 Å². The van der Waals surface area contributed by atoms with Crippen molar-refractivity contribution in [2.75, 3.05) is 11.5 Å². The highest BCUT2D eigenvalue weighted by molar-refractivity contribution is 7.99. The smallest absolute Gasteiger partial charge is 0.00331 e. The Morgan fingerprint density at radius 2 is 1.17 bits per heavy atom. The van der Waals surface area contributed by atoms with E-state index in [1.807, 2.05) is 0 Å². The molecule has 2 bridgehead atoms. The molecule has 0 unspecified atom stereocenters. The Kier molecular flexibility index (Phi) is 3.74. The molecule has 124 valence electrons. The molecule has 0 aromatic heterocycles. The highest BCUT2D eigenvalue weighted by atomic mass is 32.2. The van der Waals surface area contributed by atoms with Gasteiger partial charge in [0, 0.05) is 0 Å². The molecule has 0 N–H and O–H groups in total. The summed E-state index contributed by atoms with van der Waals surface area (Å²) >= 11 is 2.23. The van der Waals surface area contributed by atoms with Crippen LogP contribution >= 0.6 is 11.8 Å². The van der Waals surface area contributed by atoms with Crippen LogP contribution in [0.1, 0.15) is 24.0 Å². The van der Waals surface area contributed by atoms with Crippen LogP contribution in [-0.2, 0) is 12.8 Å². The van der Waals surface area contributed by atoms with Gasteiger partial charge in [-0.3, -0.25) is 0 Å². The number of hydrogen-bond donors (Lipinski definition) is 0. The molecule has 0 radical (unpaired) electrons. The van der Waals surface area contributed by atoms with E-state index in [4.69, 9.17) is 0 Å². The van der Waals surface area contributed by atoms with Gasteiger partial charge in [-0.1, -0.05) is 60.7 Å². The van der Waals surface area contributed by atoms with Crippen molar-refractivity contribution in [2.45, 2.75) is 25.7 Å². The number of hydrogen-bond acceptors (Lipinski definition) is 1. The molecule has 2 saturated carbocycles. The molecule has 24 heavy (non-hydrogen) atoms. The van der Waals surface area contributed by atoms with Gasteiger partial charge in [-0.2, -0.15) is 11.8 Å². The van der Waals surface area contributed by atoms with E-state index in [0.717, 1.165) is 23.7 Å². The molecule has 2 aliphatic carbocycles. The van der Waals surface area contributed by atoms with Crippen molar-refractivity contribution in [1.82, 2.24) is 0 Å². The summed E-state index contributed by atoms with van der Waals surface area (Å²) in [6.45, 7) is 0. The van der Waals surface area contributed by atoms with Crippen LogP contribution in [0.2, 0.25) is 0 Å². The van der Waals surface area contributed by atoms with Gasteiger partial charge in [-0.25, -0.2) is 0 Å². The van der Waals surface area contributed by atoms with E-state index in [1.165, 1.54) is 37.2 Å². The molecule has 2 aromatic rings. The molecular formula is C23H26S. The minimum Gasteiger partial charge on any atom is -0.161 e. The van der Waals surface area contributed by atoms with Gasteiger partial charge in [-0.05, 0) is 77.4 Å². The van der Waals surface area contributed by atoms with Crippen molar-refractivity contribution in [3.05, 3.63) is 71.8 Å². The van der Waals surface area contributed by atoms with Crippen LogP contribution < -0.4 is 0 Å². The lowest BCUT2D eigenvalue weighted by molar-refractivity contribution is 0.174. The summed E-state index contributed by atoms with van der Waals surface area (Å²) in [4.78, 5) is 0. The molecule has 3 aliphatic rings. The van der Waals surface area contributed by atoms with Gasteiger partial charge < -0.3 is 0 Å². The van der Waals surface area contributed by atoms with E-state index in [9.17, 15) is 0 Å². The van der Waals surface area contributed by atoms with E-state index in [0.29, 0.717) is 5.41 Å². The fraction of sp³-hybridized carbons (Fsp3) is 0.478. The third-order valence-electron chi connectivity index (χ3n) is 7.22. The Balaban J connectivity index is 1.54. The van der Waals surface area contributed by atoms with Crippen molar-refractivity contribution >= 4 is 11.8 Å². The lowest BCUT2D eigenvalue weighted by Crippen LogP contribution is -2.34. The van der Waals surface area contributed by atoms with Crippen molar-refractivity contribution in [1.29, 1.82) is 0 Å². The lowest BCUT2D eigenvalue weighted by Gasteiger charge is -2.37. The van der Waals surface area contributed by atoms with Crippen molar-refractivity contribution < 1.29 is 0 Å². The lowest BCUT2D eigenvalue weighted by atomic mass is 9.68. The van der Waals surface area contributed by atoms with Gasteiger partial charge in [0.2, 0.25) is 0 Å². The summed E-state index contributed by atoms with van der Waals surface area (Å²) in [6.07, 6.45) is 5.53. The standard InChI is InChI=1S/C23H26S/c1-3-7-17(8-4-1)13-23(14-18-9-5-2-6-10-18)21-11-12-22(23)20-16-24-15-19(20)21/h1-10,19-22H,11-16H2/t19-,20+,21+,22-. The van der Waals surface area contributed by atoms with Gasteiger partial charge in [-0.15, -0.1) is 0 Å². The molecule has 0 spiro atoms. The summed E-state index contributed by atoms with van der Waals surface area (Å²) in [6, 6.07) is 22.6. The van der Waals surface area contributed by atoms with E-state index >= 15 is 0 Å². The summed E-state index contributed by atoms with van der Waals surface area (Å²) in [5.74, 6) is 6.75. The van der Waals surface area contributed by atoms with Gasteiger partial charge >= 0.3 is 0 Å². The Morgan fingerprint density at radius 3 is 1.62 bits per heavy atom. The molecule has 5 rings (SSSR count). The highest BCUT2D eigenvalue weighted by Crippen LogP contribution is 2.68. The molecule has 4 atom stereocenters. The maximum Gasteiger partial charge on any atom is -0.00331 e. The summed E-state index contributed by atoms with van der Waals surface area (Å²) in [5.41, 5.74) is 3.62. The van der Waals surface area contributed by atoms with Crippen molar-refractivity contribution in [2.24, 2.45) is 29.1 Å². The predicted octanol–water partition coefficient (Wildman–Crippen LogP) is 5.48. The number of benzene rings is 2. The summed E-state index contributed by atoms with van der Waals surface area (Å²) in [7, 11) is 0. The number of fused-ring (bicyclic) bond motifs is 5. The first-order valence-electron chi connectivity index (χ1n) is 9.52. The zero-order chi connectivity index (χ0) is 16.0. The molecule has 1 saturated heterocycles. The van der Waals surface area contributed by atoms with Crippen LogP contribution in [0.4, 0.5) is 0 Å². The molecule has 1 heteroatoms. The Morgan fingerprint density at radius 1 is 0.708 bits per heavy atom. The predicted molar refractivity (Wildman–Crippen MR) is 103 cm³/mol. The van der Waals surface area contributed by atoms with Gasteiger partial charge in [0.1, 0.15) is 0 Å². The fourth-order valence-electron chi connectivity index (χ4n) is 6.45. The quantitative estimate of drug-likeness (QED) is 0.714. The first-order chi connectivity index (χ1) is 11.9. The molecule has 1 aliphatic heterocycles. The minimum absolute atomic E-state index is 0.513. The van der Waals surface area contributed by atoms with Crippen LogP contribution in [0, 0.1) is 29.1 Å². The van der Waals surface area contributed by atoms with E-state index in [1.54, 1.807) is 11.1 Å². The van der Waals surface area contributed by atoms with Crippen LogP contribution in [-0.4, -0.2) is 11.5 Å². The van der Waals surface area contributed by atoms with Crippen molar-refractivity contribution in [3.63, 3.8) is 0 Å². The van der Waals surface area contributed by atoms with Gasteiger partial charge in [0.25, 0.3) is 0 Å². The molecule has 3 fully saturated rings. The Hall–Kier alpha value is -1.21. The SMILES string of the molecule is c1ccc(CC2(Cc3ccccc3)[C@@H]3CC[C@H]2[C@@H]2CSC[C@@H]23)cc1. The molecule has 1 heterocycles. The average Bonchev–Trinajstić information content (AvgIpc) is 3.28. The first kappa shape index (κ1) is 15.1. The minimum atomic E-state index is 0.513. The zero-order valence-corrected chi connectivity index (χ0v) is 15.1. The third-order valence-corrected chi connectivity index (χ3v) is 8.46. The van der Waals surface area contributed by atoms with E-state index in [-0.39, 0.29) is 0 Å². The molecule has 0 nitrogen and oxygen atoms in total. The number of thioether (sulfide) groups is 1. The fourth-order valence-corrected chi connectivity index (χ4v) is 8.08. The van der Waals surface area contributed by atoms with Gasteiger partial charge in [0.15, 0.2) is 0 Å². The first-order valence-corrected chi connectivity index (χ1v) is 10.7. The van der Waals surface area contributed by atoms with Crippen LogP contribution in [0.25, 0.3) is 0 Å². The van der Waals surface area contributed by atoms with E-state index < -0.39 is 0 Å². The molecule has 2 aromatic carbocycles. The van der Waals surface area contributed by atoms with E-state index in [2.05, 4.69) is 72.4 Å². The summed E-state index contributed by atoms with van der Waals surface area (Å²) < 4.78 is 0. The topological polar surface area (TPSA) is 0 Å². The second-order valence-corrected chi connectivity index (χ2v) is 9.29. The maximum absolute atomic E-state index is 2.36. The summed E-state index contributed by atoms with van der Waals surface area (Å²) in [5, 5.41) is 0. The largest absolute Gasteiger partial charge is 0.161 e. The second-order valence-electron chi connectivity index (χ2n) is 8.21.